The second-order valence-corrected chi connectivity index (χ2v) is 5.23. The standard InChI is InChI=1S/C17H20N4/c1-21(13-8-14-6-9-18-10-7-14)16-4-2-15(3-5-16)17-19-11-12-20-17/h2-7,9-10H,8,11-13H2,1H3,(H,19,20). The molecule has 3 rings (SSSR count). The monoisotopic (exact) mass is 280 g/mol. The van der Waals surface area contributed by atoms with Crippen LogP contribution in [-0.2, 0) is 6.42 Å². The Morgan fingerprint density at radius 2 is 1.86 bits per heavy atom. The molecule has 0 atom stereocenters. The van der Waals surface area contributed by atoms with Crippen LogP contribution in [0.15, 0.2) is 53.8 Å². The quantitative estimate of drug-likeness (QED) is 0.912. The van der Waals surface area contributed by atoms with Gasteiger partial charge in [0.25, 0.3) is 0 Å². The Bertz CT molecular complexity index is 604. The number of hydrogen-bond donors (Lipinski definition) is 1. The predicted molar refractivity (Wildman–Crippen MR) is 87.1 cm³/mol. The van der Waals surface area contributed by atoms with Crippen LogP contribution in [0.25, 0.3) is 0 Å². The van der Waals surface area contributed by atoms with Crippen molar-refractivity contribution < 1.29 is 0 Å². The summed E-state index contributed by atoms with van der Waals surface area (Å²) in [6.45, 7) is 2.81. The Morgan fingerprint density at radius 1 is 1.10 bits per heavy atom. The third-order valence-electron chi connectivity index (χ3n) is 3.74. The molecule has 1 aromatic carbocycles. The van der Waals surface area contributed by atoms with E-state index in [4.69, 9.17) is 0 Å². The summed E-state index contributed by atoms with van der Waals surface area (Å²) in [5.74, 6) is 1.01. The molecule has 4 nitrogen and oxygen atoms in total. The van der Waals surface area contributed by atoms with Crippen molar-refractivity contribution in [3.05, 3.63) is 59.9 Å². The molecule has 0 radical (unpaired) electrons. The largest absolute Gasteiger partial charge is 0.374 e. The van der Waals surface area contributed by atoms with Crippen molar-refractivity contribution in [2.75, 3.05) is 31.6 Å². The molecule has 0 saturated heterocycles. The molecule has 2 aromatic rings. The van der Waals surface area contributed by atoms with E-state index >= 15 is 0 Å². The summed E-state index contributed by atoms with van der Waals surface area (Å²) in [4.78, 5) is 10.8. The average Bonchev–Trinajstić information content (AvgIpc) is 3.08. The number of rotatable bonds is 5. The van der Waals surface area contributed by atoms with E-state index in [9.17, 15) is 0 Å². The average molecular weight is 280 g/mol. The molecule has 21 heavy (non-hydrogen) atoms. The number of likely N-dealkylation sites (N-methyl/N-ethyl adjacent to an activating group) is 1. The van der Waals surface area contributed by atoms with E-state index in [1.807, 2.05) is 12.4 Å². The lowest BCUT2D eigenvalue weighted by atomic mass is 10.1. The van der Waals surface area contributed by atoms with E-state index in [1.165, 1.54) is 16.8 Å². The first-order chi connectivity index (χ1) is 10.3. The van der Waals surface area contributed by atoms with Crippen molar-refractivity contribution in [2.24, 2.45) is 4.99 Å². The molecule has 1 aromatic heterocycles. The minimum atomic E-state index is 0.878. The van der Waals surface area contributed by atoms with Gasteiger partial charge in [0, 0.05) is 43.8 Å². The molecule has 0 fully saturated rings. The van der Waals surface area contributed by atoms with E-state index in [0.29, 0.717) is 0 Å². The number of pyridine rings is 1. The number of hydrogen-bond acceptors (Lipinski definition) is 4. The summed E-state index contributed by atoms with van der Waals surface area (Å²) in [7, 11) is 2.13. The lowest BCUT2D eigenvalue weighted by Crippen LogP contribution is -2.21. The highest BCUT2D eigenvalue weighted by Gasteiger charge is 2.08. The normalized spacial score (nSPS) is 13.7. The van der Waals surface area contributed by atoms with Gasteiger partial charge in [-0.2, -0.15) is 0 Å². The molecule has 108 valence electrons. The highest BCUT2D eigenvalue weighted by molar-refractivity contribution is 5.99. The van der Waals surface area contributed by atoms with Gasteiger partial charge in [-0.15, -0.1) is 0 Å². The molecule has 0 amide bonds. The highest BCUT2D eigenvalue weighted by atomic mass is 15.1. The van der Waals surface area contributed by atoms with Crippen LogP contribution in [0.2, 0.25) is 0 Å². The van der Waals surface area contributed by atoms with Crippen LogP contribution in [0.3, 0.4) is 0 Å². The van der Waals surface area contributed by atoms with Gasteiger partial charge in [-0.25, -0.2) is 0 Å². The SMILES string of the molecule is CN(CCc1ccncc1)c1ccc(C2=NCCN2)cc1. The Labute approximate surface area is 125 Å². The number of anilines is 1. The zero-order valence-corrected chi connectivity index (χ0v) is 12.3. The van der Waals surface area contributed by atoms with Crippen LogP contribution < -0.4 is 10.2 Å². The van der Waals surface area contributed by atoms with Crippen LogP contribution in [-0.4, -0.2) is 37.5 Å². The maximum absolute atomic E-state index is 4.44. The fourth-order valence-electron chi connectivity index (χ4n) is 2.44. The van der Waals surface area contributed by atoms with Crippen LogP contribution in [0, 0.1) is 0 Å². The smallest absolute Gasteiger partial charge is 0.128 e. The molecule has 0 spiro atoms. The summed E-state index contributed by atoms with van der Waals surface area (Å²) in [5.41, 5.74) is 3.71. The van der Waals surface area contributed by atoms with Gasteiger partial charge in [0.1, 0.15) is 5.84 Å². The number of nitrogens with one attached hydrogen (secondary N) is 1. The summed E-state index contributed by atoms with van der Waals surface area (Å²) >= 11 is 0. The number of nitrogens with zero attached hydrogens (tertiary/aromatic N) is 3. The van der Waals surface area contributed by atoms with E-state index in [-0.39, 0.29) is 0 Å². The van der Waals surface area contributed by atoms with E-state index in [0.717, 1.165) is 31.9 Å². The molecule has 0 aliphatic carbocycles. The van der Waals surface area contributed by atoms with Crippen LogP contribution >= 0.6 is 0 Å². The molecule has 2 heterocycles. The van der Waals surface area contributed by atoms with Gasteiger partial charge in [0.05, 0.1) is 6.54 Å². The Balaban J connectivity index is 1.61. The van der Waals surface area contributed by atoms with Crippen molar-refractivity contribution >= 4 is 11.5 Å². The van der Waals surface area contributed by atoms with Gasteiger partial charge in [0.2, 0.25) is 0 Å². The lowest BCUT2D eigenvalue weighted by Gasteiger charge is -2.19. The fraction of sp³-hybridized carbons (Fsp3) is 0.294. The van der Waals surface area contributed by atoms with Gasteiger partial charge in [-0.05, 0) is 48.4 Å². The molecule has 1 N–H and O–H groups in total. The topological polar surface area (TPSA) is 40.5 Å². The van der Waals surface area contributed by atoms with Gasteiger partial charge in [0.15, 0.2) is 0 Å². The number of aliphatic imine (C=N–C) groups is 1. The maximum atomic E-state index is 4.44. The minimum Gasteiger partial charge on any atom is -0.374 e. The van der Waals surface area contributed by atoms with Gasteiger partial charge < -0.3 is 10.2 Å². The van der Waals surface area contributed by atoms with E-state index in [1.54, 1.807) is 0 Å². The molecule has 4 heteroatoms. The molecule has 1 aliphatic heterocycles. The number of aromatic nitrogens is 1. The van der Waals surface area contributed by atoms with Crippen LogP contribution in [0.4, 0.5) is 5.69 Å². The Morgan fingerprint density at radius 3 is 2.52 bits per heavy atom. The number of benzene rings is 1. The van der Waals surface area contributed by atoms with Gasteiger partial charge in [-0.1, -0.05) is 0 Å². The third kappa shape index (κ3) is 3.40. The van der Waals surface area contributed by atoms with Crippen molar-refractivity contribution in [2.45, 2.75) is 6.42 Å². The number of amidine groups is 1. The van der Waals surface area contributed by atoms with Crippen LogP contribution in [0.5, 0.6) is 0 Å². The molecule has 0 bridgehead atoms. The van der Waals surface area contributed by atoms with Crippen molar-refractivity contribution in [3.63, 3.8) is 0 Å². The first-order valence-corrected chi connectivity index (χ1v) is 7.32. The highest BCUT2D eigenvalue weighted by Crippen LogP contribution is 2.15. The van der Waals surface area contributed by atoms with Crippen molar-refractivity contribution in [1.82, 2.24) is 10.3 Å². The second-order valence-electron chi connectivity index (χ2n) is 5.23. The minimum absolute atomic E-state index is 0.878. The third-order valence-corrected chi connectivity index (χ3v) is 3.74. The van der Waals surface area contributed by atoms with E-state index < -0.39 is 0 Å². The molecule has 0 saturated carbocycles. The van der Waals surface area contributed by atoms with Gasteiger partial charge >= 0.3 is 0 Å². The molecule has 0 unspecified atom stereocenters. The van der Waals surface area contributed by atoms with Crippen molar-refractivity contribution in [3.8, 4) is 0 Å². The summed E-state index contributed by atoms with van der Waals surface area (Å²) < 4.78 is 0. The van der Waals surface area contributed by atoms with E-state index in [2.05, 4.69) is 63.6 Å². The molecular formula is C17H20N4. The fourth-order valence-corrected chi connectivity index (χ4v) is 2.44. The lowest BCUT2D eigenvalue weighted by molar-refractivity contribution is 0.875. The van der Waals surface area contributed by atoms with Crippen LogP contribution in [0.1, 0.15) is 11.1 Å². The zero-order valence-electron chi connectivity index (χ0n) is 12.3. The summed E-state index contributed by atoms with van der Waals surface area (Å²) in [5, 5.41) is 3.30. The molecular weight excluding hydrogens is 260 g/mol. The Hall–Kier alpha value is -2.36. The first-order valence-electron chi connectivity index (χ1n) is 7.32. The first kappa shape index (κ1) is 13.6. The summed E-state index contributed by atoms with van der Waals surface area (Å²) in [6.07, 6.45) is 4.72. The Kier molecular flexibility index (Phi) is 4.15. The summed E-state index contributed by atoms with van der Waals surface area (Å²) in [6, 6.07) is 12.7. The van der Waals surface area contributed by atoms with Gasteiger partial charge in [-0.3, -0.25) is 9.98 Å². The predicted octanol–water partition coefficient (Wildman–Crippen LogP) is 2.11. The second kappa shape index (κ2) is 6.39. The maximum Gasteiger partial charge on any atom is 0.128 e. The zero-order chi connectivity index (χ0) is 14.5. The van der Waals surface area contributed by atoms with Crippen molar-refractivity contribution in [1.29, 1.82) is 0 Å². The molecule has 1 aliphatic rings.